The molecule has 6 nitrogen and oxygen atoms in total. The van der Waals surface area contributed by atoms with Gasteiger partial charge < -0.3 is 15.3 Å². The Morgan fingerprint density at radius 1 is 0.426 bits per heavy atom. The third-order valence-electron chi connectivity index (χ3n) is 8.21. The molecule has 0 spiro atoms. The van der Waals surface area contributed by atoms with Gasteiger partial charge in [0.15, 0.2) is 0 Å². The van der Waals surface area contributed by atoms with Crippen LogP contribution in [0.2, 0.25) is 0 Å². The topological polar surface area (TPSA) is 112 Å². The number of aliphatic carboxylic acids is 3. The van der Waals surface area contributed by atoms with Gasteiger partial charge in [-0.1, -0.05) is 188 Å². The van der Waals surface area contributed by atoms with Crippen molar-refractivity contribution in [1.82, 2.24) is 0 Å². The smallest absolute Gasteiger partial charge is 0.330 e. The average molecular weight is 703 g/mol. The van der Waals surface area contributed by atoms with Crippen LogP contribution < -0.4 is 0 Å². The second kappa shape index (κ2) is 42.9. The molecule has 0 radical (unpaired) electrons. The van der Waals surface area contributed by atoms with Crippen molar-refractivity contribution >= 4 is 17.9 Å². The van der Waals surface area contributed by atoms with Crippen LogP contribution >= 0.6 is 0 Å². The van der Waals surface area contributed by atoms with Crippen molar-refractivity contribution in [3.63, 3.8) is 0 Å². The predicted molar refractivity (Wildman–Crippen MR) is 197 cm³/mol. The van der Waals surface area contributed by atoms with Crippen LogP contribution in [0.4, 0.5) is 0 Å². The summed E-state index contributed by atoms with van der Waals surface area (Å²) < 4.78 is 0. The Morgan fingerprint density at radius 3 is 0.745 bits per heavy atom. The van der Waals surface area contributed by atoms with Gasteiger partial charge in [0, 0.05) is 40.1 Å². The average Bonchev–Trinajstić information content (AvgIpc) is 2.97. The number of carboxylic acid groups (broad SMARTS) is 3. The Bertz CT molecular complexity index is 634. The minimum Gasteiger partial charge on any atom is -0.481 e. The number of carbonyl (C=O) groups is 3. The molecule has 0 fully saturated rings. The van der Waals surface area contributed by atoms with E-state index in [9.17, 15) is 14.4 Å². The Balaban J connectivity index is -0.000000329. The van der Waals surface area contributed by atoms with Crippen molar-refractivity contribution in [2.24, 2.45) is 11.8 Å². The van der Waals surface area contributed by atoms with Crippen molar-refractivity contribution in [1.29, 1.82) is 0 Å². The second-order valence-corrected chi connectivity index (χ2v) is 14.2. The van der Waals surface area contributed by atoms with Crippen LogP contribution in [0.25, 0.3) is 0 Å². The number of carboxylic acids is 3. The summed E-state index contributed by atoms with van der Waals surface area (Å²) in [5.74, 6) is -0.511. The quantitative estimate of drug-likeness (QED) is 0.0377. The predicted octanol–water partition coefficient (Wildman–Crippen LogP) is 13.0. The van der Waals surface area contributed by atoms with E-state index in [-0.39, 0.29) is 27.3 Å². The molecule has 0 atom stereocenters. The molecule has 0 aliphatic carbocycles. The molecule has 3 N–H and O–H groups in total. The minimum absolute atomic E-state index is 0. The van der Waals surface area contributed by atoms with Gasteiger partial charge in [0.2, 0.25) is 0 Å². The summed E-state index contributed by atoms with van der Waals surface area (Å²) in [5.41, 5.74) is 0.176. The molecule has 0 unspecified atom stereocenters. The van der Waals surface area contributed by atoms with E-state index >= 15 is 0 Å². The van der Waals surface area contributed by atoms with Gasteiger partial charge in [0.05, 0.1) is 0 Å². The number of hydrogen-bond acceptors (Lipinski definition) is 3. The van der Waals surface area contributed by atoms with E-state index in [1.165, 1.54) is 148 Å². The zero-order valence-electron chi connectivity index (χ0n) is 31.7. The zero-order chi connectivity index (χ0) is 35.3. The van der Waals surface area contributed by atoms with Crippen LogP contribution in [0.3, 0.4) is 0 Å². The number of rotatable bonds is 31. The molecule has 0 aliphatic rings. The van der Waals surface area contributed by atoms with E-state index in [0.29, 0.717) is 12.8 Å². The van der Waals surface area contributed by atoms with Crippen molar-refractivity contribution in [3.05, 3.63) is 12.2 Å². The maximum Gasteiger partial charge on any atom is 0.330 e. The largest absolute Gasteiger partial charge is 0.481 e. The molecule has 7 heteroatoms. The van der Waals surface area contributed by atoms with Crippen LogP contribution in [0.1, 0.15) is 214 Å². The van der Waals surface area contributed by atoms with Gasteiger partial charge in [-0.05, 0) is 31.6 Å². The molecule has 0 aromatic heterocycles. The van der Waals surface area contributed by atoms with Crippen molar-refractivity contribution in [2.45, 2.75) is 214 Å². The van der Waals surface area contributed by atoms with Crippen LogP contribution in [0, 0.1) is 11.8 Å². The molecule has 278 valence electrons. The van der Waals surface area contributed by atoms with Crippen molar-refractivity contribution in [3.8, 4) is 0 Å². The van der Waals surface area contributed by atoms with Gasteiger partial charge in [-0.25, -0.2) is 4.79 Å². The second-order valence-electron chi connectivity index (χ2n) is 14.2. The SMILES string of the molecule is C=C(C)C(=O)O.CC(C)CCCCCCCCCCCCCCC(=O)O.CC(C)CCCCCCCCCCCCCCC(=O)O.[Ti]. The zero-order valence-corrected chi connectivity index (χ0v) is 33.3. The molecule has 0 aliphatic heterocycles. The van der Waals surface area contributed by atoms with Crippen LogP contribution in [-0.2, 0) is 36.1 Å². The Kier molecular flexibility index (Phi) is 48.1. The summed E-state index contributed by atoms with van der Waals surface area (Å²) in [5, 5.41) is 24.9. The van der Waals surface area contributed by atoms with Crippen LogP contribution in [-0.4, -0.2) is 33.2 Å². The van der Waals surface area contributed by atoms with Crippen LogP contribution in [0.5, 0.6) is 0 Å². The summed E-state index contributed by atoms with van der Waals surface area (Å²) >= 11 is 0. The van der Waals surface area contributed by atoms with E-state index in [2.05, 4.69) is 34.3 Å². The van der Waals surface area contributed by atoms with Gasteiger partial charge in [0.25, 0.3) is 0 Å². The number of unbranched alkanes of at least 4 members (excludes halogenated alkanes) is 22. The third-order valence-corrected chi connectivity index (χ3v) is 8.21. The molecule has 0 rings (SSSR count). The van der Waals surface area contributed by atoms with E-state index < -0.39 is 17.9 Å². The summed E-state index contributed by atoms with van der Waals surface area (Å²) in [6.45, 7) is 13.8. The van der Waals surface area contributed by atoms with Gasteiger partial charge in [-0.3, -0.25) is 9.59 Å². The fourth-order valence-corrected chi connectivity index (χ4v) is 5.19. The van der Waals surface area contributed by atoms with Crippen molar-refractivity contribution < 1.29 is 51.4 Å². The van der Waals surface area contributed by atoms with E-state index in [1.807, 2.05) is 0 Å². The monoisotopic (exact) mass is 703 g/mol. The summed E-state index contributed by atoms with van der Waals surface area (Å²) in [6.07, 6.45) is 34.6. The summed E-state index contributed by atoms with van der Waals surface area (Å²) in [6, 6.07) is 0. The Labute approximate surface area is 306 Å². The molecular formula is C40H78O6Ti. The van der Waals surface area contributed by atoms with Gasteiger partial charge in [-0.2, -0.15) is 0 Å². The van der Waals surface area contributed by atoms with Gasteiger partial charge in [-0.15, -0.1) is 0 Å². The van der Waals surface area contributed by atoms with Crippen LogP contribution in [0.15, 0.2) is 12.2 Å². The molecule has 47 heavy (non-hydrogen) atoms. The third kappa shape index (κ3) is 60.7. The molecule has 0 saturated carbocycles. The first-order chi connectivity index (χ1) is 21.9. The van der Waals surface area contributed by atoms with E-state index in [0.717, 1.165) is 37.5 Å². The first-order valence-corrected chi connectivity index (χ1v) is 19.2. The Hall–Kier alpha value is -1.14. The van der Waals surface area contributed by atoms with E-state index in [4.69, 9.17) is 15.3 Å². The number of hydrogen-bond donors (Lipinski definition) is 3. The normalized spacial score (nSPS) is 10.4. The van der Waals surface area contributed by atoms with Gasteiger partial charge >= 0.3 is 17.9 Å². The molecule has 0 heterocycles. The first-order valence-electron chi connectivity index (χ1n) is 19.2. The summed E-state index contributed by atoms with van der Waals surface area (Å²) in [4.78, 5) is 30.3. The van der Waals surface area contributed by atoms with E-state index in [1.54, 1.807) is 0 Å². The minimum atomic E-state index is -0.935. The van der Waals surface area contributed by atoms with Crippen molar-refractivity contribution in [2.75, 3.05) is 0 Å². The standard InChI is InChI=1S/2C18H36O2.C4H6O2.Ti/c2*1-17(2)15-13-11-9-7-5-3-4-6-8-10-12-14-16-18(19)20;1-3(2)4(5)6;/h2*17H,3-16H2,1-2H3,(H,19,20);1H2,2H3,(H,5,6);. The molecule has 0 aromatic carbocycles. The molecule has 0 bridgehead atoms. The van der Waals surface area contributed by atoms with Gasteiger partial charge in [0.1, 0.15) is 0 Å². The first kappa shape index (κ1) is 52.7. The maximum atomic E-state index is 10.3. The molecule has 0 saturated heterocycles. The maximum absolute atomic E-state index is 10.3. The Morgan fingerprint density at radius 2 is 0.596 bits per heavy atom. The molecular weight excluding hydrogens is 624 g/mol. The molecule has 0 amide bonds. The summed E-state index contributed by atoms with van der Waals surface area (Å²) in [7, 11) is 0. The molecule has 0 aromatic rings. The fourth-order valence-electron chi connectivity index (χ4n) is 5.19. The fraction of sp³-hybridized carbons (Fsp3) is 0.875.